The van der Waals surface area contributed by atoms with E-state index >= 15 is 0 Å². The van der Waals surface area contributed by atoms with Gasteiger partial charge in [0.05, 0.1) is 11.1 Å². The lowest BCUT2D eigenvalue weighted by atomic mass is 9.90. The number of benzene rings is 1. The number of amides is 1. The fraction of sp³-hybridized carbons (Fsp3) is 0.533. The Bertz CT molecular complexity index is 508. The largest absolute Gasteiger partial charge is 0.416 e. The highest BCUT2D eigenvalue weighted by Crippen LogP contribution is 2.29. The van der Waals surface area contributed by atoms with Gasteiger partial charge in [-0.25, -0.2) is 0 Å². The number of piperidine rings is 1. The minimum atomic E-state index is -4.36. The molecular formula is C15H19F3N2O. The molecule has 1 amide bonds. The van der Waals surface area contributed by atoms with Gasteiger partial charge in [0, 0.05) is 6.54 Å². The summed E-state index contributed by atoms with van der Waals surface area (Å²) in [7, 11) is 0. The van der Waals surface area contributed by atoms with Crippen LogP contribution < -0.4 is 10.6 Å². The molecule has 0 aliphatic carbocycles. The van der Waals surface area contributed by atoms with Crippen LogP contribution in [-0.4, -0.2) is 18.0 Å². The van der Waals surface area contributed by atoms with Crippen molar-refractivity contribution in [3.05, 3.63) is 35.4 Å². The van der Waals surface area contributed by atoms with Crippen molar-refractivity contribution in [3.63, 3.8) is 0 Å². The molecule has 0 bridgehead atoms. The third kappa shape index (κ3) is 3.97. The highest BCUT2D eigenvalue weighted by Gasteiger charge is 2.34. The van der Waals surface area contributed by atoms with Gasteiger partial charge in [-0.3, -0.25) is 4.79 Å². The Balaban J connectivity index is 1.98. The van der Waals surface area contributed by atoms with Crippen LogP contribution in [0.4, 0.5) is 13.2 Å². The predicted octanol–water partition coefficient (Wildman–Crippen LogP) is 2.85. The Labute approximate surface area is 121 Å². The van der Waals surface area contributed by atoms with Crippen LogP contribution in [0.15, 0.2) is 24.3 Å². The lowest BCUT2D eigenvalue weighted by molar-refractivity contribution is -0.137. The van der Waals surface area contributed by atoms with Gasteiger partial charge in [-0.2, -0.15) is 13.2 Å². The van der Waals surface area contributed by atoms with Crippen molar-refractivity contribution in [2.45, 2.75) is 44.4 Å². The molecule has 1 atom stereocenters. The molecule has 0 aromatic heterocycles. The van der Waals surface area contributed by atoms with E-state index in [2.05, 4.69) is 10.6 Å². The van der Waals surface area contributed by atoms with Crippen LogP contribution in [0.3, 0.4) is 0 Å². The number of hydrogen-bond acceptors (Lipinski definition) is 2. The van der Waals surface area contributed by atoms with E-state index in [4.69, 9.17) is 0 Å². The minimum absolute atomic E-state index is 0.0972. The van der Waals surface area contributed by atoms with Gasteiger partial charge in [-0.05, 0) is 50.4 Å². The minimum Gasteiger partial charge on any atom is -0.350 e. The number of hydrogen-bond donors (Lipinski definition) is 2. The van der Waals surface area contributed by atoms with Crippen LogP contribution >= 0.6 is 0 Å². The maximum atomic E-state index is 12.6. The first kappa shape index (κ1) is 15.8. The Kier molecular flexibility index (Phi) is 4.56. The quantitative estimate of drug-likeness (QED) is 0.901. The zero-order chi connectivity index (χ0) is 15.5. The van der Waals surface area contributed by atoms with Crippen molar-refractivity contribution >= 4 is 5.91 Å². The summed E-state index contributed by atoms with van der Waals surface area (Å²) in [5.41, 5.74) is -0.881. The van der Waals surface area contributed by atoms with Crippen molar-refractivity contribution in [1.29, 1.82) is 0 Å². The second kappa shape index (κ2) is 6.05. The fourth-order valence-corrected chi connectivity index (χ4v) is 2.49. The van der Waals surface area contributed by atoms with Crippen LogP contribution in [0.5, 0.6) is 0 Å². The summed E-state index contributed by atoms with van der Waals surface area (Å²) in [6, 6.07) is 5.02. The molecule has 6 heteroatoms. The Hall–Kier alpha value is -1.56. The van der Waals surface area contributed by atoms with Crippen LogP contribution in [0, 0.1) is 0 Å². The average molecular weight is 300 g/mol. The van der Waals surface area contributed by atoms with Crippen molar-refractivity contribution < 1.29 is 18.0 Å². The van der Waals surface area contributed by atoms with E-state index < -0.39 is 17.3 Å². The molecular weight excluding hydrogens is 281 g/mol. The van der Waals surface area contributed by atoms with E-state index in [1.807, 2.05) is 6.92 Å². The number of nitrogens with one attached hydrogen (secondary N) is 2. The molecule has 21 heavy (non-hydrogen) atoms. The fourth-order valence-electron chi connectivity index (χ4n) is 2.49. The number of carbonyl (C=O) groups is 1. The van der Waals surface area contributed by atoms with Gasteiger partial charge in [0.2, 0.25) is 5.91 Å². The van der Waals surface area contributed by atoms with Gasteiger partial charge in [-0.1, -0.05) is 12.1 Å². The lowest BCUT2D eigenvalue weighted by Gasteiger charge is -2.33. The van der Waals surface area contributed by atoms with Crippen LogP contribution in [0.1, 0.15) is 37.3 Å². The molecule has 3 nitrogen and oxygen atoms in total. The Morgan fingerprint density at radius 3 is 2.76 bits per heavy atom. The molecule has 2 rings (SSSR count). The van der Waals surface area contributed by atoms with Gasteiger partial charge < -0.3 is 10.6 Å². The van der Waals surface area contributed by atoms with Crippen molar-refractivity contribution in [2.24, 2.45) is 0 Å². The number of rotatable bonds is 3. The summed E-state index contributed by atoms with van der Waals surface area (Å²) in [6.45, 7) is 2.71. The molecule has 0 spiro atoms. The number of halogens is 3. The highest BCUT2D eigenvalue weighted by molar-refractivity contribution is 5.85. The van der Waals surface area contributed by atoms with Gasteiger partial charge in [-0.15, -0.1) is 0 Å². The summed E-state index contributed by atoms with van der Waals surface area (Å²) >= 11 is 0. The molecule has 0 saturated carbocycles. The van der Waals surface area contributed by atoms with Gasteiger partial charge in [0.15, 0.2) is 0 Å². The van der Waals surface area contributed by atoms with E-state index in [1.54, 1.807) is 6.07 Å². The second-order valence-electron chi connectivity index (χ2n) is 5.60. The van der Waals surface area contributed by atoms with Crippen LogP contribution in [0.2, 0.25) is 0 Å². The molecule has 1 unspecified atom stereocenters. The molecule has 0 radical (unpaired) electrons. The van der Waals surface area contributed by atoms with E-state index in [1.165, 1.54) is 6.07 Å². The van der Waals surface area contributed by atoms with Crippen LogP contribution in [0.25, 0.3) is 0 Å². The average Bonchev–Trinajstić information content (AvgIpc) is 2.45. The van der Waals surface area contributed by atoms with Gasteiger partial charge in [0.25, 0.3) is 0 Å². The van der Waals surface area contributed by atoms with E-state index in [0.717, 1.165) is 37.9 Å². The molecule has 1 aromatic rings. The molecule has 1 aliphatic rings. The van der Waals surface area contributed by atoms with Crippen molar-refractivity contribution in [2.75, 3.05) is 6.54 Å². The SMILES string of the molecule is CC1(C(=O)NCc2cccc(C(F)(F)F)c2)CCCCN1. The standard InChI is InChI=1S/C15H19F3N2O/c1-14(7-2-3-8-20-14)13(21)19-10-11-5-4-6-12(9-11)15(16,17)18/h4-6,9,20H,2-3,7-8,10H2,1H3,(H,19,21). The predicted molar refractivity (Wildman–Crippen MR) is 73.5 cm³/mol. The molecule has 1 fully saturated rings. The van der Waals surface area contributed by atoms with Crippen molar-refractivity contribution in [1.82, 2.24) is 10.6 Å². The van der Waals surface area contributed by atoms with E-state index in [-0.39, 0.29) is 12.5 Å². The molecule has 116 valence electrons. The molecule has 1 heterocycles. The van der Waals surface area contributed by atoms with E-state index in [0.29, 0.717) is 5.56 Å². The van der Waals surface area contributed by atoms with E-state index in [9.17, 15) is 18.0 Å². The van der Waals surface area contributed by atoms with Gasteiger partial charge >= 0.3 is 6.18 Å². The number of carbonyl (C=O) groups excluding carboxylic acids is 1. The first-order chi connectivity index (χ1) is 9.81. The monoisotopic (exact) mass is 300 g/mol. The van der Waals surface area contributed by atoms with Gasteiger partial charge in [0.1, 0.15) is 0 Å². The lowest BCUT2D eigenvalue weighted by Crippen LogP contribution is -2.56. The topological polar surface area (TPSA) is 41.1 Å². The molecule has 2 N–H and O–H groups in total. The third-order valence-electron chi connectivity index (χ3n) is 3.83. The molecule has 1 aliphatic heterocycles. The smallest absolute Gasteiger partial charge is 0.350 e. The molecule has 1 saturated heterocycles. The van der Waals surface area contributed by atoms with Crippen LogP contribution in [-0.2, 0) is 17.5 Å². The first-order valence-electron chi connectivity index (χ1n) is 7.01. The Morgan fingerprint density at radius 2 is 2.14 bits per heavy atom. The highest BCUT2D eigenvalue weighted by atomic mass is 19.4. The first-order valence-corrected chi connectivity index (χ1v) is 7.01. The normalized spacial score (nSPS) is 22.9. The molecule has 1 aromatic carbocycles. The zero-order valence-electron chi connectivity index (χ0n) is 11.9. The summed E-state index contributed by atoms with van der Waals surface area (Å²) in [6.07, 6.45) is -1.62. The van der Waals surface area contributed by atoms with Crippen molar-refractivity contribution in [3.8, 4) is 0 Å². The maximum absolute atomic E-state index is 12.6. The Morgan fingerprint density at radius 1 is 1.38 bits per heavy atom. The number of alkyl halides is 3. The summed E-state index contributed by atoms with van der Waals surface area (Å²) < 4.78 is 37.9. The third-order valence-corrected chi connectivity index (χ3v) is 3.83. The summed E-state index contributed by atoms with van der Waals surface area (Å²) in [4.78, 5) is 12.2. The summed E-state index contributed by atoms with van der Waals surface area (Å²) in [5.74, 6) is -0.167. The zero-order valence-corrected chi connectivity index (χ0v) is 11.9. The summed E-state index contributed by atoms with van der Waals surface area (Å²) in [5, 5.41) is 5.89. The second-order valence-corrected chi connectivity index (χ2v) is 5.60. The maximum Gasteiger partial charge on any atom is 0.416 e.